The summed E-state index contributed by atoms with van der Waals surface area (Å²) < 4.78 is 43.7. The molecular weight excluding hydrogens is 461 g/mol. The normalized spacial score (nSPS) is 16.3. The molecule has 2 aromatic carbocycles. The van der Waals surface area contributed by atoms with Gasteiger partial charge in [0, 0.05) is 10.5 Å². The third-order valence-corrected chi connectivity index (χ3v) is 6.00. The summed E-state index contributed by atoms with van der Waals surface area (Å²) in [6, 6.07) is 9.31. The van der Waals surface area contributed by atoms with Crippen molar-refractivity contribution >= 4 is 46.7 Å². The van der Waals surface area contributed by atoms with E-state index in [0.717, 1.165) is 23.9 Å². The number of rotatable bonds is 6. The number of thioether (sulfide) groups is 1. The largest absolute Gasteiger partial charge is 0.452 e. The van der Waals surface area contributed by atoms with Crippen molar-refractivity contribution in [3.8, 4) is 0 Å². The number of Topliss-reactive ketones (excluding diaryl/α,β-unsaturated/α-hetero) is 1. The molecule has 11 heteroatoms. The summed E-state index contributed by atoms with van der Waals surface area (Å²) in [4.78, 5) is 49.0. The van der Waals surface area contributed by atoms with E-state index >= 15 is 0 Å². The fourth-order valence-corrected chi connectivity index (χ4v) is 4.12. The fourth-order valence-electron chi connectivity index (χ4n) is 3.04. The maximum atomic E-state index is 12.9. The highest BCUT2D eigenvalue weighted by atomic mass is 32.2. The van der Waals surface area contributed by atoms with E-state index in [9.17, 15) is 32.3 Å². The smallest absolute Gasteiger partial charge is 0.416 e. The monoisotopic (exact) mass is 480 g/mol. The first-order chi connectivity index (χ1) is 15.5. The lowest BCUT2D eigenvalue weighted by molar-refractivity contribution is -0.153. The van der Waals surface area contributed by atoms with Crippen LogP contribution in [-0.2, 0) is 25.3 Å². The number of ketones is 1. The first kappa shape index (κ1) is 24.3. The van der Waals surface area contributed by atoms with Crippen LogP contribution in [-0.4, -0.2) is 34.9 Å². The highest BCUT2D eigenvalue weighted by Gasteiger charge is 2.35. The highest BCUT2D eigenvalue weighted by molar-refractivity contribution is 8.01. The van der Waals surface area contributed by atoms with E-state index in [1.165, 1.54) is 26.0 Å². The van der Waals surface area contributed by atoms with Gasteiger partial charge in [-0.3, -0.25) is 19.2 Å². The fraction of sp³-hybridized carbons (Fsp3) is 0.273. The second-order valence-corrected chi connectivity index (χ2v) is 8.48. The van der Waals surface area contributed by atoms with Crippen molar-refractivity contribution in [3.05, 3.63) is 53.6 Å². The Morgan fingerprint density at radius 2 is 1.88 bits per heavy atom. The molecule has 0 saturated heterocycles. The van der Waals surface area contributed by atoms with Crippen LogP contribution < -0.4 is 10.6 Å². The van der Waals surface area contributed by atoms with Crippen molar-refractivity contribution in [2.45, 2.75) is 42.7 Å². The lowest BCUT2D eigenvalue weighted by atomic mass is 10.1. The van der Waals surface area contributed by atoms with Crippen LogP contribution in [0.4, 0.5) is 24.5 Å². The summed E-state index contributed by atoms with van der Waals surface area (Å²) in [6.07, 6.45) is -6.15. The molecule has 0 saturated carbocycles. The third-order valence-electron chi connectivity index (χ3n) is 4.72. The molecule has 1 heterocycles. The molecule has 0 aliphatic carbocycles. The maximum absolute atomic E-state index is 12.9. The molecule has 0 radical (unpaired) electrons. The molecule has 7 nitrogen and oxygen atoms in total. The number of alkyl halides is 3. The van der Waals surface area contributed by atoms with Gasteiger partial charge in [-0.1, -0.05) is 12.1 Å². The molecule has 1 aliphatic rings. The number of ether oxygens (including phenoxy) is 1. The van der Waals surface area contributed by atoms with Gasteiger partial charge in [0.2, 0.25) is 5.91 Å². The predicted molar refractivity (Wildman–Crippen MR) is 115 cm³/mol. The standard InChI is InChI=1S/C22H19F3N2O5S/c1-11(28)14-5-3-4-6-15(14)26-20(30)12(2)32-19(29)10-18-21(31)27-16-9-13(22(23,24)25)7-8-17(16)33-18/h3-9,12,18H,10H2,1-2H3,(H,26,30)(H,27,31). The van der Waals surface area contributed by atoms with Gasteiger partial charge >= 0.3 is 12.1 Å². The molecule has 2 N–H and O–H groups in total. The summed E-state index contributed by atoms with van der Waals surface area (Å²) in [5.41, 5.74) is -0.311. The van der Waals surface area contributed by atoms with Crippen molar-refractivity contribution in [2.75, 3.05) is 10.6 Å². The molecule has 1 aliphatic heterocycles. The molecule has 2 atom stereocenters. The van der Waals surface area contributed by atoms with E-state index < -0.39 is 47.3 Å². The number of hydrogen-bond donors (Lipinski definition) is 2. The van der Waals surface area contributed by atoms with E-state index in [1.807, 2.05) is 0 Å². The average Bonchev–Trinajstić information content (AvgIpc) is 2.73. The number of para-hydroxylation sites is 1. The maximum Gasteiger partial charge on any atom is 0.416 e. The van der Waals surface area contributed by atoms with E-state index in [1.54, 1.807) is 18.2 Å². The lowest BCUT2D eigenvalue weighted by Crippen LogP contribution is -2.34. The van der Waals surface area contributed by atoms with E-state index in [2.05, 4.69) is 10.6 Å². The summed E-state index contributed by atoms with van der Waals surface area (Å²) in [6.45, 7) is 2.69. The Hall–Kier alpha value is -3.34. The molecular formula is C22H19F3N2O5S. The van der Waals surface area contributed by atoms with Crippen molar-refractivity contribution in [3.63, 3.8) is 0 Å². The second kappa shape index (κ2) is 9.65. The van der Waals surface area contributed by atoms with Gasteiger partial charge in [0.25, 0.3) is 5.91 Å². The number of carbonyl (C=O) groups is 4. The second-order valence-electron chi connectivity index (χ2n) is 7.23. The Morgan fingerprint density at radius 1 is 1.18 bits per heavy atom. The first-order valence-electron chi connectivity index (χ1n) is 9.74. The Morgan fingerprint density at radius 3 is 2.55 bits per heavy atom. The summed E-state index contributed by atoms with van der Waals surface area (Å²) >= 11 is 0.938. The topological polar surface area (TPSA) is 102 Å². The number of halogens is 3. The van der Waals surface area contributed by atoms with Crippen LogP contribution in [0.15, 0.2) is 47.4 Å². The van der Waals surface area contributed by atoms with Crippen LogP contribution in [0, 0.1) is 0 Å². The molecule has 0 aromatic heterocycles. The van der Waals surface area contributed by atoms with Crippen LogP contribution >= 0.6 is 11.8 Å². The van der Waals surface area contributed by atoms with Crippen LogP contribution in [0.25, 0.3) is 0 Å². The summed E-state index contributed by atoms with van der Waals surface area (Å²) in [5.74, 6) is -2.39. The van der Waals surface area contributed by atoms with Gasteiger partial charge in [0.05, 0.1) is 28.6 Å². The van der Waals surface area contributed by atoms with E-state index in [4.69, 9.17) is 4.74 Å². The van der Waals surface area contributed by atoms with Gasteiger partial charge < -0.3 is 15.4 Å². The number of anilines is 2. The van der Waals surface area contributed by atoms with Crippen molar-refractivity contribution in [2.24, 2.45) is 0 Å². The number of carbonyl (C=O) groups excluding carboxylic acids is 4. The first-order valence-corrected chi connectivity index (χ1v) is 10.6. The number of esters is 1. The van der Waals surface area contributed by atoms with Gasteiger partial charge in [-0.05, 0) is 44.2 Å². The SMILES string of the molecule is CC(=O)c1ccccc1NC(=O)C(C)OC(=O)CC1Sc2ccc(C(F)(F)F)cc2NC1=O. The number of nitrogens with one attached hydrogen (secondary N) is 2. The molecule has 0 spiro atoms. The quantitative estimate of drug-likeness (QED) is 0.473. The van der Waals surface area contributed by atoms with Crippen molar-refractivity contribution in [1.29, 1.82) is 0 Å². The van der Waals surface area contributed by atoms with Crippen LogP contribution in [0.1, 0.15) is 36.2 Å². The average molecular weight is 480 g/mol. The Kier molecular flexibility index (Phi) is 7.11. The molecule has 3 rings (SSSR count). The minimum absolute atomic E-state index is 0.0151. The molecule has 33 heavy (non-hydrogen) atoms. The lowest BCUT2D eigenvalue weighted by Gasteiger charge is -2.24. The number of fused-ring (bicyclic) bond motifs is 1. The number of hydrogen-bond acceptors (Lipinski definition) is 6. The zero-order valence-corrected chi connectivity index (χ0v) is 18.3. The van der Waals surface area contributed by atoms with Crippen molar-refractivity contribution in [1.82, 2.24) is 0 Å². The molecule has 2 aromatic rings. The van der Waals surface area contributed by atoms with E-state index in [0.29, 0.717) is 10.5 Å². The van der Waals surface area contributed by atoms with Gasteiger partial charge in [0.1, 0.15) is 0 Å². The number of benzene rings is 2. The molecule has 2 amide bonds. The van der Waals surface area contributed by atoms with Gasteiger partial charge in [-0.25, -0.2) is 0 Å². The minimum atomic E-state index is -4.55. The highest BCUT2D eigenvalue weighted by Crippen LogP contribution is 2.40. The molecule has 2 unspecified atom stereocenters. The molecule has 0 fully saturated rings. The Bertz CT molecular complexity index is 1120. The zero-order valence-electron chi connectivity index (χ0n) is 17.5. The minimum Gasteiger partial charge on any atom is -0.452 e. The molecule has 174 valence electrons. The van der Waals surface area contributed by atoms with Crippen molar-refractivity contribution < 1.29 is 37.1 Å². The zero-order chi connectivity index (χ0) is 24.3. The Balaban J connectivity index is 1.60. The van der Waals surface area contributed by atoms with Crippen LogP contribution in [0.2, 0.25) is 0 Å². The van der Waals surface area contributed by atoms with Gasteiger partial charge in [0.15, 0.2) is 11.9 Å². The van der Waals surface area contributed by atoms with Crippen LogP contribution in [0.3, 0.4) is 0 Å². The third kappa shape index (κ3) is 5.92. The Labute approximate surface area is 191 Å². The molecule has 0 bridgehead atoms. The van der Waals surface area contributed by atoms with Gasteiger partial charge in [-0.15, -0.1) is 11.8 Å². The summed E-state index contributed by atoms with van der Waals surface area (Å²) in [7, 11) is 0. The van der Waals surface area contributed by atoms with Gasteiger partial charge in [-0.2, -0.15) is 13.2 Å². The summed E-state index contributed by atoms with van der Waals surface area (Å²) in [5, 5.41) is 3.97. The number of amides is 2. The van der Waals surface area contributed by atoms with Crippen LogP contribution in [0.5, 0.6) is 0 Å². The predicted octanol–water partition coefficient (Wildman–Crippen LogP) is 4.28. The van der Waals surface area contributed by atoms with E-state index in [-0.39, 0.29) is 17.2 Å².